The predicted molar refractivity (Wildman–Crippen MR) is 179 cm³/mol. The molecule has 13 heteroatoms. The monoisotopic (exact) mass is 748 g/mol. The third kappa shape index (κ3) is 7.79. The third-order valence-electron chi connectivity index (χ3n) is 7.35. The lowest BCUT2D eigenvalue weighted by atomic mass is 9.99. The Bertz CT molecular complexity index is 1780. The minimum Gasteiger partial charge on any atom is -0.497 e. The Hall–Kier alpha value is -3.32. The lowest BCUT2D eigenvalue weighted by Crippen LogP contribution is -2.53. The van der Waals surface area contributed by atoms with E-state index in [1.165, 1.54) is 19.2 Å². The summed E-state index contributed by atoms with van der Waals surface area (Å²) in [6.07, 6.45) is 0.824. The highest BCUT2D eigenvalue weighted by molar-refractivity contribution is 9.10. The molecule has 1 aliphatic heterocycles. The molecule has 0 radical (unpaired) electrons. The maximum atomic E-state index is 14.1. The second kappa shape index (κ2) is 14.6. The molecule has 1 atom stereocenters. The first-order valence-corrected chi connectivity index (χ1v) is 17.2. The van der Waals surface area contributed by atoms with Gasteiger partial charge >= 0.3 is 5.91 Å². The quantitative estimate of drug-likeness (QED) is 0.148. The van der Waals surface area contributed by atoms with E-state index in [0.29, 0.717) is 40.2 Å². The summed E-state index contributed by atoms with van der Waals surface area (Å²) in [7, 11) is -1.29. The number of nitrogens with one attached hydrogen (secondary N) is 1. The molecule has 0 bridgehead atoms. The van der Waals surface area contributed by atoms with Crippen molar-refractivity contribution in [1.29, 1.82) is 0 Å². The van der Waals surface area contributed by atoms with Crippen LogP contribution >= 0.6 is 39.1 Å². The molecule has 4 aromatic carbocycles. The first-order valence-electron chi connectivity index (χ1n) is 14.2. The number of hydrogen-bond donors (Lipinski definition) is 1. The van der Waals surface area contributed by atoms with Crippen LogP contribution in [0.2, 0.25) is 10.0 Å². The number of nitrogens with zero attached hydrogens (tertiary/aromatic N) is 1. The van der Waals surface area contributed by atoms with Gasteiger partial charge in [0.1, 0.15) is 11.5 Å². The van der Waals surface area contributed by atoms with Crippen LogP contribution in [0, 0.1) is 0 Å². The van der Waals surface area contributed by atoms with Crippen molar-refractivity contribution >= 4 is 55.1 Å². The second-order valence-electron chi connectivity index (χ2n) is 10.4. The van der Waals surface area contributed by atoms with E-state index in [9.17, 15) is 13.2 Å². The molecule has 242 valence electrons. The molecule has 46 heavy (non-hydrogen) atoms. The lowest BCUT2D eigenvalue weighted by Gasteiger charge is -2.37. The minimum atomic E-state index is -4.35. The zero-order valence-electron chi connectivity index (χ0n) is 25.0. The first-order chi connectivity index (χ1) is 22.0. The fraction of sp³-hybridized carbons (Fsp3) is 0.242. The minimum absolute atomic E-state index is 0.0456. The fourth-order valence-electron chi connectivity index (χ4n) is 4.78. The summed E-state index contributed by atoms with van der Waals surface area (Å²) in [6, 6.07) is 22.8. The zero-order valence-corrected chi connectivity index (χ0v) is 28.9. The highest BCUT2D eigenvalue weighted by Crippen LogP contribution is 2.42. The summed E-state index contributed by atoms with van der Waals surface area (Å²) in [5.41, 5.74) is 1.28. The second-order valence-corrected chi connectivity index (χ2v) is 13.8. The summed E-state index contributed by atoms with van der Waals surface area (Å²) in [6.45, 7) is 1.13. The molecule has 0 aromatic heterocycles. The van der Waals surface area contributed by atoms with E-state index < -0.39 is 15.9 Å². The van der Waals surface area contributed by atoms with Crippen molar-refractivity contribution in [3.63, 3.8) is 0 Å². The Kier molecular flexibility index (Phi) is 10.8. The van der Waals surface area contributed by atoms with Crippen LogP contribution in [0.3, 0.4) is 0 Å². The summed E-state index contributed by atoms with van der Waals surface area (Å²) in [5.74, 6) is -1.41. The van der Waals surface area contributed by atoms with Crippen LogP contribution in [0.25, 0.3) is 0 Å². The number of likely N-dealkylation sites (tertiary alicyclic amines) is 1. The van der Waals surface area contributed by atoms with Gasteiger partial charge in [0.2, 0.25) is 15.9 Å². The Morgan fingerprint density at radius 2 is 1.54 bits per heavy atom. The van der Waals surface area contributed by atoms with Gasteiger partial charge in [-0.1, -0.05) is 69.5 Å². The molecule has 1 unspecified atom stereocenters. The Morgan fingerprint density at radius 1 is 0.913 bits per heavy atom. The fourth-order valence-corrected chi connectivity index (χ4v) is 7.27. The number of amides is 1. The molecule has 4 aromatic rings. The van der Waals surface area contributed by atoms with Gasteiger partial charge in [0.05, 0.1) is 42.2 Å². The van der Waals surface area contributed by atoms with E-state index in [1.54, 1.807) is 84.8 Å². The number of carbonyl (C=O) groups excluding carboxylic acids is 1. The van der Waals surface area contributed by atoms with E-state index in [0.717, 1.165) is 6.42 Å². The summed E-state index contributed by atoms with van der Waals surface area (Å²) in [5, 5.41) is 0.171. The topological polar surface area (TPSA) is 103 Å². The van der Waals surface area contributed by atoms with Gasteiger partial charge in [0.15, 0.2) is 5.75 Å². The number of methoxy groups -OCH3 is 2. The molecule has 1 aliphatic rings. The van der Waals surface area contributed by atoms with Crippen molar-refractivity contribution in [1.82, 2.24) is 9.62 Å². The average Bonchev–Trinajstić information content (AvgIpc) is 3.01. The number of sulfonamides is 1. The van der Waals surface area contributed by atoms with Gasteiger partial charge in [-0.3, -0.25) is 4.79 Å². The Morgan fingerprint density at radius 3 is 2.13 bits per heavy atom. The highest BCUT2D eigenvalue weighted by Gasteiger charge is 2.44. The van der Waals surface area contributed by atoms with Crippen LogP contribution in [0.4, 0.5) is 0 Å². The largest absolute Gasteiger partial charge is 0.497 e. The summed E-state index contributed by atoms with van der Waals surface area (Å²) >= 11 is 16.7. The number of carbonyl (C=O) groups is 1. The average molecular weight is 750 g/mol. The molecule has 1 fully saturated rings. The number of halogens is 3. The van der Waals surface area contributed by atoms with Gasteiger partial charge < -0.3 is 23.8 Å². The molecular weight excluding hydrogens is 719 g/mol. The van der Waals surface area contributed by atoms with Crippen LogP contribution in [0.15, 0.2) is 94.3 Å². The van der Waals surface area contributed by atoms with E-state index in [1.807, 2.05) is 0 Å². The van der Waals surface area contributed by atoms with Crippen LogP contribution < -0.4 is 18.9 Å². The van der Waals surface area contributed by atoms with Crippen molar-refractivity contribution in [2.45, 2.75) is 30.3 Å². The van der Waals surface area contributed by atoms with Crippen molar-refractivity contribution in [2.24, 2.45) is 0 Å². The molecule has 1 heterocycles. The Balaban J connectivity index is 1.72. The Labute approximate surface area is 286 Å². The molecule has 0 spiro atoms. The molecule has 0 saturated carbocycles. The molecule has 1 N–H and O–H groups in total. The first kappa shape index (κ1) is 34.0. The van der Waals surface area contributed by atoms with Crippen LogP contribution in [0.1, 0.15) is 23.1 Å². The van der Waals surface area contributed by atoms with Gasteiger partial charge in [-0.2, -0.15) is 0 Å². The van der Waals surface area contributed by atoms with Gasteiger partial charge in [-0.05, 0) is 72.1 Å². The van der Waals surface area contributed by atoms with Crippen LogP contribution in [0.5, 0.6) is 17.2 Å². The van der Waals surface area contributed by atoms with E-state index in [4.69, 9.17) is 42.1 Å². The van der Waals surface area contributed by atoms with Crippen LogP contribution in [-0.2, 0) is 38.5 Å². The molecular formula is C33H31BrCl2N2O7S. The summed E-state index contributed by atoms with van der Waals surface area (Å²) < 4.78 is 55.3. The van der Waals surface area contributed by atoms with Gasteiger partial charge in [0.25, 0.3) is 0 Å². The van der Waals surface area contributed by atoms with Gasteiger partial charge in [-0.15, -0.1) is 4.72 Å². The lowest BCUT2D eigenvalue weighted by molar-refractivity contribution is -0.208. The number of hydrogen-bond acceptors (Lipinski definition) is 7. The number of rotatable bonds is 13. The number of ether oxygens (including phenoxy) is 4. The van der Waals surface area contributed by atoms with Gasteiger partial charge in [-0.25, -0.2) is 8.42 Å². The number of benzene rings is 4. The van der Waals surface area contributed by atoms with E-state index in [2.05, 4.69) is 20.7 Å². The van der Waals surface area contributed by atoms with Crippen molar-refractivity contribution in [3.05, 3.63) is 116 Å². The SMILES string of the molecule is COc1ccc(COC(NS(=O)(=O)c2ccccc2)(Oc2c(Cl)cc(Br)cc2Cl)c2ccc(OC)cc2CC(=O)N2CCC2)cc1. The van der Waals surface area contributed by atoms with Crippen molar-refractivity contribution in [2.75, 3.05) is 27.3 Å². The van der Waals surface area contributed by atoms with Crippen LogP contribution in [-0.4, -0.2) is 46.5 Å². The maximum absolute atomic E-state index is 14.1. The molecule has 5 rings (SSSR count). The third-order valence-corrected chi connectivity index (χ3v) is 9.80. The standard InChI is InChI=1S/C33H31BrCl2N2O7S/c1-42-25-11-9-22(10-12-25)21-44-33(37-46(40,41)27-7-4-3-5-8-27,45-32-29(35)19-24(34)20-30(32)36)28-14-13-26(43-2)17-23(28)18-31(39)38-15-6-16-38/h3-5,7-14,17,19-20,37H,6,15-16,18,21H2,1-2H3. The highest BCUT2D eigenvalue weighted by atomic mass is 79.9. The summed E-state index contributed by atoms with van der Waals surface area (Å²) in [4.78, 5) is 15.0. The van der Waals surface area contributed by atoms with Gasteiger partial charge in [0, 0.05) is 23.1 Å². The molecule has 9 nitrogen and oxygen atoms in total. The zero-order chi connectivity index (χ0) is 32.9. The molecule has 0 aliphatic carbocycles. The van der Waals surface area contributed by atoms with E-state index >= 15 is 0 Å². The maximum Gasteiger partial charge on any atom is 0.312 e. The normalized spacial score (nSPS) is 14.2. The molecule has 1 saturated heterocycles. The van der Waals surface area contributed by atoms with Crippen molar-refractivity contribution < 1.29 is 32.2 Å². The van der Waals surface area contributed by atoms with Crippen molar-refractivity contribution in [3.8, 4) is 17.2 Å². The predicted octanol–water partition coefficient (Wildman–Crippen LogP) is 6.93. The molecule has 1 amide bonds. The smallest absolute Gasteiger partial charge is 0.312 e. The van der Waals surface area contributed by atoms with E-state index in [-0.39, 0.29) is 45.2 Å².